The fraction of sp³-hybridized carbons (Fsp3) is 0.812. The van der Waals surface area contributed by atoms with Crippen molar-refractivity contribution in [3.63, 3.8) is 0 Å². The van der Waals surface area contributed by atoms with Gasteiger partial charge in [0.25, 0.3) is 0 Å². The molecule has 1 N–H and O–H groups in total. The molecular formula is C16H29N3O2S. The standard InChI is InChI=1S/C16H29N3O2S/c1-16(2,3)15-17-14(13-22-15)12-19(6-9-20)5-4-18-7-10-21-11-8-18/h13,20H,4-12H2,1-3H3. The molecule has 0 atom stereocenters. The predicted octanol–water partition coefficient (Wildman–Crippen LogP) is 1.57. The van der Waals surface area contributed by atoms with Gasteiger partial charge in [-0.1, -0.05) is 20.8 Å². The molecule has 22 heavy (non-hydrogen) atoms. The Morgan fingerprint density at radius 1 is 1.32 bits per heavy atom. The van der Waals surface area contributed by atoms with E-state index in [0.717, 1.165) is 51.6 Å². The summed E-state index contributed by atoms with van der Waals surface area (Å²) < 4.78 is 5.38. The zero-order valence-electron chi connectivity index (χ0n) is 14.0. The van der Waals surface area contributed by atoms with Gasteiger partial charge in [-0.05, 0) is 0 Å². The summed E-state index contributed by atoms with van der Waals surface area (Å²) in [5, 5.41) is 12.6. The molecular weight excluding hydrogens is 298 g/mol. The van der Waals surface area contributed by atoms with Crippen LogP contribution >= 0.6 is 11.3 Å². The molecule has 0 saturated carbocycles. The van der Waals surface area contributed by atoms with Crippen molar-refractivity contribution in [2.45, 2.75) is 32.7 Å². The quantitative estimate of drug-likeness (QED) is 0.824. The number of morpholine rings is 1. The smallest absolute Gasteiger partial charge is 0.0982 e. The second kappa shape index (κ2) is 8.36. The van der Waals surface area contributed by atoms with E-state index in [0.29, 0.717) is 6.54 Å². The molecule has 1 aromatic rings. The minimum Gasteiger partial charge on any atom is -0.395 e. The van der Waals surface area contributed by atoms with Gasteiger partial charge in [0.1, 0.15) is 0 Å². The zero-order chi connectivity index (χ0) is 16.0. The molecule has 2 rings (SSSR count). The number of nitrogens with zero attached hydrogens (tertiary/aromatic N) is 3. The number of hydrogen-bond acceptors (Lipinski definition) is 6. The Bertz CT molecular complexity index is 439. The fourth-order valence-electron chi connectivity index (χ4n) is 2.47. The van der Waals surface area contributed by atoms with Crippen molar-refractivity contribution in [2.24, 2.45) is 0 Å². The second-order valence-corrected chi connectivity index (χ2v) is 7.71. The molecule has 0 aromatic carbocycles. The van der Waals surface area contributed by atoms with E-state index in [9.17, 15) is 5.11 Å². The molecule has 126 valence electrons. The maximum Gasteiger partial charge on any atom is 0.0982 e. The van der Waals surface area contributed by atoms with Crippen molar-refractivity contribution < 1.29 is 9.84 Å². The largest absolute Gasteiger partial charge is 0.395 e. The molecule has 2 heterocycles. The van der Waals surface area contributed by atoms with E-state index in [1.54, 1.807) is 11.3 Å². The summed E-state index contributed by atoms with van der Waals surface area (Å²) in [5.41, 5.74) is 1.23. The normalized spacial score (nSPS) is 17.3. The van der Waals surface area contributed by atoms with Crippen molar-refractivity contribution in [3.8, 4) is 0 Å². The highest BCUT2D eigenvalue weighted by Gasteiger charge is 2.19. The van der Waals surface area contributed by atoms with Crippen LogP contribution in [0.3, 0.4) is 0 Å². The first kappa shape index (κ1) is 17.8. The highest BCUT2D eigenvalue weighted by molar-refractivity contribution is 7.09. The van der Waals surface area contributed by atoms with Crippen molar-refractivity contribution in [3.05, 3.63) is 16.1 Å². The van der Waals surface area contributed by atoms with Crippen LogP contribution in [-0.2, 0) is 16.7 Å². The number of thiazole rings is 1. The first-order valence-corrected chi connectivity index (χ1v) is 8.95. The Morgan fingerprint density at radius 3 is 2.64 bits per heavy atom. The number of ether oxygens (including phenoxy) is 1. The molecule has 1 aliphatic heterocycles. The summed E-state index contributed by atoms with van der Waals surface area (Å²) in [6.07, 6.45) is 0. The van der Waals surface area contributed by atoms with E-state index in [1.807, 2.05) is 0 Å². The monoisotopic (exact) mass is 327 g/mol. The molecule has 1 saturated heterocycles. The summed E-state index contributed by atoms with van der Waals surface area (Å²) >= 11 is 1.74. The molecule has 1 aromatic heterocycles. The third-order valence-electron chi connectivity index (χ3n) is 3.83. The third kappa shape index (κ3) is 5.59. The molecule has 1 fully saturated rings. The maximum atomic E-state index is 9.29. The van der Waals surface area contributed by atoms with Crippen LogP contribution in [0.1, 0.15) is 31.5 Å². The maximum absolute atomic E-state index is 9.29. The topological polar surface area (TPSA) is 48.8 Å². The van der Waals surface area contributed by atoms with E-state index < -0.39 is 0 Å². The first-order valence-electron chi connectivity index (χ1n) is 8.07. The molecule has 0 unspecified atom stereocenters. The fourth-order valence-corrected chi connectivity index (χ4v) is 3.37. The number of rotatable bonds is 7. The van der Waals surface area contributed by atoms with E-state index in [2.05, 4.69) is 36.0 Å². The molecule has 1 aliphatic rings. The van der Waals surface area contributed by atoms with Gasteiger partial charge in [-0.15, -0.1) is 11.3 Å². The van der Waals surface area contributed by atoms with Crippen LogP contribution in [0.5, 0.6) is 0 Å². The Kier molecular flexibility index (Phi) is 6.77. The number of aliphatic hydroxyl groups excluding tert-OH is 1. The summed E-state index contributed by atoms with van der Waals surface area (Å²) in [6, 6.07) is 0. The first-order chi connectivity index (χ1) is 10.5. The van der Waals surface area contributed by atoms with Gasteiger partial charge in [0, 0.05) is 50.1 Å². The summed E-state index contributed by atoms with van der Waals surface area (Å²) in [5.74, 6) is 0. The van der Waals surface area contributed by atoms with E-state index in [-0.39, 0.29) is 12.0 Å². The Balaban J connectivity index is 1.86. The molecule has 0 bridgehead atoms. The van der Waals surface area contributed by atoms with Crippen molar-refractivity contribution in [1.29, 1.82) is 0 Å². The lowest BCUT2D eigenvalue weighted by Crippen LogP contribution is -2.41. The van der Waals surface area contributed by atoms with Gasteiger partial charge in [-0.2, -0.15) is 0 Å². The van der Waals surface area contributed by atoms with Gasteiger partial charge in [-0.3, -0.25) is 9.80 Å². The van der Waals surface area contributed by atoms with Gasteiger partial charge < -0.3 is 9.84 Å². The highest BCUT2D eigenvalue weighted by Crippen LogP contribution is 2.25. The lowest BCUT2D eigenvalue weighted by atomic mass is 9.98. The van der Waals surface area contributed by atoms with Crippen LogP contribution < -0.4 is 0 Å². The SMILES string of the molecule is CC(C)(C)c1nc(CN(CCO)CCN2CCOCC2)cs1. The summed E-state index contributed by atoms with van der Waals surface area (Å²) in [7, 11) is 0. The van der Waals surface area contributed by atoms with Gasteiger partial charge in [-0.25, -0.2) is 4.98 Å². The average Bonchev–Trinajstić information content (AvgIpc) is 2.95. The molecule has 0 radical (unpaired) electrons. The highest BCUT2D eigenvalue weighted by atomic mass is 32.1. The number of hydrogen-bond donors (Lipinski definition) is 1. The lowest BCUT2D eigenvalue weighted by molar-refractivity contribution is 0.0319. The Morgan fingerprint density at radius 2 is 2.05 bits per heavy atom. The zero-order valence-corrected chi connectivity index (χ0v) is 14.9. The van der Waals surface area contributed by atoms with Gasteiger partial charge in [0.15, 0.2) is 0 Å². The third-order valence-corrected chi connectivity index (χ3v) is 5.15. The molecule has 0 aliphatic carbocycles. The number of aliphatic hydroxyl groups is 1. The number of aromatic nitrogens is 1. The van der Waals surface area contributed by atoms with Crippen LogP contribution in [0.2, 0.25) is 0 Å². The van der Waals surface area contributed by atoms with Gasteiger partial charge >= 0.3 is 0 Å². The molecule has 5 nitrogen and oxygen atoms in total. The minimum absolute atomic E-state index is 0.110. The predicted molar refractivity (Wildman–Crippen MR) is 90.4 cm³/mol. The minimum atomic E-state index is 0.110. The van der Waals surface area contributed by atoms with E-state index in [4.69, 9.17) is 9.72 Å². The van der Waals surface area contributed by atoms with Crippen molar-refractivity contribution in [2.75, 3.05) is 52.5 Å². The van der Waals surface area contributed by atoms with Crippen molar-refractivity contribution in [1.82, 2.24) is 14.8 Å². The van der Waals surface area contributed by atoms with E-state index >= 15 is 0 Å². The molecule has 0 amide bonds. The van der Waals surface area contributed by atoms with Crippen molar-refractivity contribution >= 4 is 11.3 Å². The van der Waals surface area contributed by atoms with Gasteiger partial charge in [0.05, 0.1) is 30.5 Å². The molecule has 6 heteroatoms. The van der Waals surface area contributed by atoms with Crippen LogP contribution in [0.25, 0.3) is 0 Å². The van der Waals surface area contributed by atoms with Crippen LogP contribution in [-0.4, -0.2) is 72.4 Å². The van der Waals surface area contributed by atoms with Crippen LogP contribution in [0.15, 0.2) is 5.38 Å². The van der Waals surface area contributed by atoms with Crippen LogP contribution in [0.4, 0.5) is 0 Å². The second-order valence-electron chi connectivity index (χ2n) is 6.85. The molecule has 0 spiro atoms. The van der Waals surface area contributed by atoms with E-state index in [1.165, 1.54) is 5.01 Å². The lowest BCUT2D eigenvalue weighted by Gasteiger charge is -2.29. The van der Waals surface area contributed by atoms with Crippen LogP contribution in [0, 0.1) is 0 Å². The average molecular weight is 327 g/mol. The van der Waals surface area contributed by atoms with Gasteiger partial charge in [0.2, 0.25) is 0 Å². The summed E-state index contributed by atoms with van der Waals surface area (Å²) in [4.78, 5) is 9.47. The Hall–Kier alpha value is -0.530. The summed E-state index contributed by atoms with van der Waals surface area (Å²) in [6.45, 7) is 14.0. The Labute approximate surface area is 137 Å².